The van der Waals surface area contributed by atoms with Crippen LogP contribution in [-0.2, 0) is 16.0 Å². The molecule has 4 nitrogen and oxygen atoms in total. The van der Waals surface area contributed by atoms with Crippen molar-refractivity contribution in [1.29, 1.82) is 0 Å². The third-order valence-electron chi connectivity index (χ3n) is 5.49. The zero-order valence-electron chi connectivity index (χ0n) is 16.0. The van der Waals surface area contributed by atoms with E-state index in [0.29, 0.717) is 28.3 Å². The maximum absolute atomic E-state index is 13.3. The average molecular weight is 413 g/mol. The minimum atomic E-state index is -0.304. The van der Waals surface area contributed by atoms with Crippen molar-refractivity contribution >= 4 is 29.0 Å². The van der Waals surface area contributed by atoms with E-state index in [0.717, 1.165) is 37.9 Å². The largest absolute Gasteiger partial charge is 0.366 e. The van der Waals surface area contributed by atoms with Crippen LogP contribution in [0, 0.1) is 5.82 Å². The molecule has 2 heterocycles. The second-order valence-corrected chi connectivity index (χ2v) is 7.85. The molecule has 0 bridgehead atoms. The van der Waals surface area contributed by atoms with Crippen molar-refractivity contribution in [1.82, 2.24) is 9.80 Å². The van der Waals surface area contributed by atoms with Gasteiger partial charge < -0.3 is 4.90 Å². The number of carbonyl (C=O) groups excluding carboxylic acids is 2. The van der Waals surface area contributed by atoms with E-state index in [1.807, 2.05) is 4.90 Å². The number of benzene rings is 2. The normalized spacial score (nSPS) is 17.4. The summed E-state index contributed by atoms with van der Waals surface area (Å²) in [5, 5.41) is 0.582. The van der Waals surface area contributed by atoms with Crippen LogP contribution in [0.1, 0.15) is 30.4 Å². The number of amides is 2. The van der Waals surface area contributed by atoms with E-state index < -0.39 is 0 Å². The predicted octanol–water partition coefficient (Wildman–Crippen LogP) is 4.29. The number of carbonyl (C=O) groups is 2. The summed E-state index contributed by atoms with van der Waals surface area (Å²) in [5.74, 6) is -0.829. The number of imide groups is 1. The van der Waals surface area contributed by atoms with Crippen LogP contribution in [-0.4, -0.2) is 41.2 Å². The van der Waals surface area contributed by atoms with Gasteiger partial charge in [-0.15, -0.1) is 0 Å². The molecule has 1 saturated heterocycles. The lowest BCUT2D eigenvalue weighted by Crippen LogP contribution is -2.38. The third kappa shape index (κ3) is 4.06. The number of hydrogen-bond donors (Lipinski definition) is 0. The molecule has 0 atom stereocenters. The molecule has 2 aromatic carbocycles. The van der Waals surface area contributed by atoms with E-state index in [4.69, 9.17) is 11.6 Å². The summed E-state index contributed by atoms with van der Waals surface area (Å²) in [6.45, 7) is 1.81. The minimum Gasteiger partial charge on any atom is -0.366 e. The summed E-state index contributed by atoms with van der Waals surface area (Å²) in [6, 6.07) is 13.2. The van der Waals surface area contributed by atoms with Crippen molar-refractivity contribution in [3.8, 4) is 0 Å². The molecular formula is C23H22ClFN2O2. The fraction of sp³-hybridized carbons (Fsp3) is 0.304. The fourth-order valence-corrected chi connectivity index (χ4v) is 4.07. The molecule has 2 aliphatic heterocycles. The summed E-state index contributed by atoms with van der Waals surface area (Å²) in [6.07, 6.45) is 3.64. The third-order valence-corrected chi connectivity index (χ3v) is 5.74. The maximum Gasteiger partial charge on any atom is 0.277 e. The molecule has 0 saturated carbocycles. The highest BCUT2D eigenvalue weighted by molar-refractivity contribution is 6.36. The Morgan fingerprint density at radius 3 is 2.17 bits per heavy atom. The molecule has 150 valence electrons. The van der Waals surface area contributed by atoms with Gasteiger partial charge in [0.25, 0.3) is 11.8 Å². The molecule has 0 unspecified atom stereocenters. The molecule has 4 rings (SSSR count). The van der Waals surface area contributed by atoms with E-state index in [-0.39, 0.29) is 24.2 Å². The fourth-order valence-electron chi connectivity index (χ4n) is 3.95. The van der Waals surface area contributed by atoms with E-state index in [2.05, 4.69) is 0 Å². The Morgan fingerprint density at radius 1 is 0.862 bits per heavy atom. The Labute approximate surface area is 174 Å². The summed E-state index contributed by atoms with van der Waals surface area (Å²) in [7, 11) is 0. The van der Waals surface area contributed by atoms with E-state index in [1.54, 1.807) is 36.4 Å². The summed E-state index contributed by atoms with van der Waals surface area (Å²) in [4.78, 5) is 29.9. The molecule has 0 N–H and O–H groups in total. The monoisotopic (exact) mass is 412 g/mol. The van der Waals surface area contributed by atoms with Crippen LogP contribution in [0.25, 0.3) is 5.57 Å². The molecule has 29 heavy (non-hydrogen) atoms. The van der Waals surface area contributed by atoms with Crippen LogP contribution < -0.4 is 0 Å². The summed E-state index contributed by atoms with van der Waals surface area (Å²) in [5.41, 5.74) is 2.54. The van der Waals surface area contributed by atoms with E-state index in [1.165, 1.54) is 17.0 Å². The molecular weight excluding hydrogens is 391 g/mol. The highest BCUT2D eigenvalue weighted by Gasteiger charge is 2.41. The maximum atomic E-state index is 13.3. The zero-order chi connectivity index (χ0) is 20.4. The van der Waals surface area contributed by atoms with Crippen molar-refractivity contribution in [2.45, 2.75) is 25.7 Å². The average Bonchev–Trinajstić information content (AvgIpc) is 2.99. The lowest BCUT2D eigenvalue weighted by Gasteiger charge is -2.29. The van der Waals surface area contributed by atoms with Gasteiger partial charge in [0, 0.05) is 24.7 Å². The van der Waals surface area contributed by atoms with Crippen molar-refractivity contribution in [3.05, 3.63) is 76.2 Å². The molecule has 0 aliphatic carbocycles. The Kier molecular flexibility index (Phi) is 5.67. The van der Waals surface area contributed by atoms with Crippen LogP contribution in [0.2, 0.25) is 5.02 Å². The topological polar surface area (TPSA) is 40.6 Å². The van der Waals surface area contributed by atoms with Gasteiger partial charge in [0.15, 0.2) is 0 Å². The van der Waals surface area contributed by atoms with E-state index in [9.17, 15) is 14.0 Å². The van der Waals surface area contributed by atoms with Gasteiger partial charge >= 0.3 is 0 Å². The summed E-state index contributed by atoms with van der Waals surface area (Å²) < 4.78 is 13.1. The van der Waals surface area contributed by atoms with Crippen LogP contribution >= 0.6 is 11.6 Å². The quantitative estimate of drug-likeness (QED) is 0.688. The predicted molar refractivity (Wildman–Crippen MR) is 111 cm³/mol. The number of rotatable bonds is 5. The Hall–Kier alpha value is -2.66. The first kappa shape index (κ1) is 19.6. The van der Waals surface area contributed by atoms with Crippen molar-refractivity contribution in [3.63, 3.8) is 0 Å². The van der Waals surface area contributed by atoms with Crippen molar-refractivity contribution in [2.24, 2.45) is 0 Å². The lowest BCUT2D eigenvalue weighted by molar-refractivity contribution is -0.137. The Balaban J connectivity index is 1.63. The number of likely N-dealkylation sites (tertiary alicyclic amines) is 1. The van der Waals surface area contributed by atoms with Gasteiger partial charge in [-0.25, -0.2) is 4.39 Å². The highest BCUT2D eigenvalue weighted by atomic mass is 35.5. The first-order valence-electron chi connectivity index (χ1n) is 9.90. The minimum absolute atomic E-state index is 0.246. The molecule has 2 aliphatic rings. The first-order chi connectivity index (χ1) is 14.0. The highest BCUT2D eigenvalue weighted by Crippen LogP contribution is 2.33. The van der Waals surface area contributed by atoms with Crippen molar-refractivity contribution < 1.29 is 14.0 Å². The number of nitrogens with zero attached hydrogens (tertiary/aromatic N) is 2. The van der Waals surface area contributed by atoms with Gasteiger partial charge in [0.1, 0.15) is 11.5 Å². The SMILES string of the molecule is O=C1C(c2ccc(Cl)cc2)=C(N2CCCCC2)C(=O)N1CCc1ccc(F)cc1. The van der Waals surface area contributed by atoms with Gasteiger partial charge in [0.2, 0.25) is 0 Å². The van der Waals surface area contributed by atoms with Gasteiger partial charge in [-0.05, 0) is 61.1 Å². The second kappa shape index (κ2) is 8.37. The number of halogens is 2. The molecule has 2 amide bonds. The van der Waals surface area contributed by atoms with Gasteiger partial charge in [-0.1, -0.05) is 35.9 Å². The van der Waals surface area contributed by atoms with Crippen LogP contribution in [0.4, 0.5) is 4.39 Å². The molecule has 2 aromatic rings. The van der Waals surface area contributed by atoms with Gasteiger partial charge in [-0.3, -0.25) is 14.5 Å². The molecule has 0 aromatic heterocycles. The second-order valence-electron chi connectivity index (χ2n) is 7.42. The van der Waals surface area contributed by atoms with Crippen LogP contribution in [0.15, 0.2) is 54.2 Å². The molecule has 0 spiro atoms. The molecule has 0 radical (unpaired) electrons. The standard InChI is InChI=1S/C23H22ClFN2O2/c24-18-8-6-17(7-9-18)20-21(26-13-2-1-3-14-26)23(29)27(22(20)28)15-12-16-4-10-19(25)11-5-16/h4-11H,1-3,12-15H2. The molecule has 1 fully saturated rings. The summed E-state index contributed by atoms with van der Waals surface area (Å²) >= 11 is 6.01. The Morgan fingerprint density at radius 2 is 1.52 bits per heavy atom. The number of piperidine rings is 1. The zero-order valence-corrected chi connectivity index (χ0v) is 16.8. The van der Waals surface area contributed by atoms with Gasteiger partial charge in [0.05, 0.1) is 5.57 Å². The Bertz CT molecular complexity index is 948. The first-order valence-corrected chi connectivity index (χ1v) is 10.3. The number of hydrogen-bond acceptors (Lipinski definition) is 3. The van der Waals surface area contributed by atoms with Crippen LogP contribution in [0.3, 0.4) is 0 Å². The smallest absolute Gasteiger partial charge is 0.277 e. The molecule has 6 heteroatoms. The van der Waals surface area contributed by atoms with E-state index >= 15 is 0 Å². The van der Waals surface area contributed by atoms with Crippen LogP contribution in [0.5, 0.6) is 0 Å². The van der Waals surface area contributed by atoms with Gasteiger partial charge in [-0.2, -0.15) is 0 Å². The lowest BCUT2D eigenvalue weighted by atomic mass is 10.0. The van der Waals surface area contributed by atoms with Crippen molar-refractivity contribution in [2.75, 3.05) is 19.6 Å².